The van der Waals surface area contributed by atoms with Crippen molar-refractivity contribution in [2.24, 2.45) is 11.7 Å². The molecule has 3 aromatic rings. The Balaban J connectivity index is 1.55. The Morgan fingerprint density at radius 1 is 0.892 bits per heavy atom. The van der Waals surface area contributed by atoms with Gasteiger partial charge >= 0.3 is 0 Å². The van der Waals surface area contributed by atoms with E-state index in [2.05, 4.69) is 0 Å². The second-order valence-corrected chi connectivity index (χ2v) is 9.86. The van der Waals surface area contributed by atoms with Crippen LogP contribution in [0.1, 0.15) is 30.5 Å². The zero-order chi connectivity index (χ0) is 26.0. The first kappa shape index (κ1) is 25.3. The average Bonchev–Trinajstić information content (AvgIpc) is 3.40. The molecular weight excluding hydrogens is 470 g/mol. The number of ether oxygens (including phenoxy) is 4. The molecule has 5 atom stereocenters. The molecule has 0 aromatic heterocycles. The highest BCUT2D eigenvalue weighted by molar-refractivity contribution is 5.91. The Kier molecular flexibility index (Phi) is 6.96. The zero-order valence-electron chi connectivity index (χ0n) is 20.9. The van der Waals surface area contributed by atoms with Crippen LogP contribution in [0.15, 0.2) is 91.0 Å². The van der Waals surface area contributed by atoms with Crippen molar-refractivity contribution in [3.05, 3.63) is 108 Å². The van der Waals surface area contributed by atoms with Crippen molar-refractivity contribution in [3.8, 4) is 0 Å². The summed E-state index contributed by atoms with van der Waals surface area (Å²) >= 11 is 0. The second kappa shape index (κ2) is 10.2. The maximum Gasteiger partial charge on any atom is 0.230 e. The van der Waals surface area contributed by atoms with E-state index in [1.807, 2.05) is 91.0 Å². The van der Waals surface area contributed by atoms with Gasteiger partial charge in [0.05, 0.1) is 6.61 Å². The maximum atomic E-state index is 12.0. The predicted molar refractivity (Wildman–Crippen MR) is 136 cm³/mol. The average molecular weight is 502 g/mol. The van der Waals surface area contributed by atoms with Crippen molar-refractivity contribution in [1.29, 1.82) is 0 Å². The fourth-order valence-electron chi connectivity index (χ4n) is 5.42. The van der Waals surface area contributed by atoms with Crippen LogP contribution in [0.4, 0.5) is 0 Å². The van der Waals surface area contributed by atoms with E-state index in [4.69, 9.17) is 24.7 Å². The van der Waals surface area contributed by atoms with Crippen molar-refractivity contribution in [1.82, 2.24) is 0 Å². The number of carbonyl (C=O) groups excluding carboxylic acids is 2. The summed E-state index contributed by atoms with van der Waals surface area (Å²) in [5.41, 5.74) is 7.41. The summed E-state index contributed by atoms with van der Waals surface area (Å²) in [6.45, 7) is 3.70. The van der Waals surface area contributed by atoms with E-state index in [1.165, 1.54) is 0 Å². The van der Waals surface area contributed by atoms with Gasteiger partial charge in [-0.05, 0) is 30.5 Å². The van der Waals surface area contributed by atoms with Gasteiger partial charge in [0.25, 0.3) is 0 Å². The molecular formula is C30H31NO6. The van der Waals surface area contributed by atoms with E-state index >= 15 is 0 Å². The largest absolute Gasteiger partial charge is 0.369 e. The van der Waals surface area contributed by atoms with Crippen molar-refractivity contribution in [2.45, 2.75) is 49.7 Å². The van der Waals surface area contributed by atoms with Gasteiger partial charge in [-0.2, -0.15) is 0 Å². The third-order valence-corrected chi connectivity index (χ3v) is 7.02. The summed E-state index contributed by atoms with van der Waals surface area (Å²) in [4.78, 5) is 23.8. The van der Waals surface area contributed by atoms with E-state index in [9.17, 15) is 9.59 Å². The van der Waals surface area contributed by atoms with Crippen molar-refractivity contribution in [2.75, 3.05) is 6.61 Å². The minimum atomic E-state index is -1.16. The Labute approximate surface area is 216 Å². The summed E-state index contributed by atoms with van der Waals surface area (Å²) < 4.78 is 25.4. The van der Waals surface area contributed by atoms with Gasteiger partial charge in [0, 0.05) is 0 Å². The molecule has 2 unspecified atom stereocenters. The zero-order valence-corrected chi connectivity index (χ0v) is 20.9. The molecule has 0 spiro atoms. The smallest absolute Gasteiger partial charge is 0.230 e. The molecule has 3 aromatic carbocycles. The van der Waals surface area contributed by atoms with E-state index in [0.717, 1.165) is 16.7 Å². The molecule has 2 aliphatic rings. The molecule has 7 nitrogen and oxygen atoms in total. The molecule has 5 rings (SSSR count). The lowest BCUT2D eigenvalue weighted by atomic mass is 9.80. The van der Waals surface area contributed by atoms with Crippen LogP contribution in [0.2, 0.25) is 0 Å². The summed E-state index contributed by atoms with van der Waals surface area (Å²) in [7, 11) is 0. The first-order valence-electron chi connectivity index (χ1n) is 12.4. The molecule has 2 N–H and O–H groups in total. The van der Waals surface area contributed by atoms with Crippen LogP contribution in [0.3, 0.4) is 0 Å². The standard InChI is InChI=1S/C30H31NO6/c1-29(2)36-26-24(35-25(27(26)37-29)23(18-32)28(31)33)19-34-30(20-12-6-3-7-13-20,21-14-8-4-9-15-21)22-16-10-5-11-17-22/h3-18,23-27H,19H2,1-2H3,(H2,31,33)/t23?,24-,25?,26-,27+/m1/s1. The molecule has 1 amide bonds. The lowest BCUT2D eigenvalue weighted by molar-refractivity contribution is -0.200. The molecule has 0 bridgehead atoms. The number of hydrogen-bond acceptors (Lipinski definition) is 6. The molecule has 0 radical (unpaired) electrons. The predicted octanol–water partition coefficient (Wildman–Crippen LogP) is 3.58. The van der Waals surface area contributed by atoms with Crippen molar-refractivity contribution in [3.63, 3.8) is 0 Å². The van der Waals surface area contributed by atoms with Crippen LogP contribution in [0.25, 0.3) is 0 Å². The van der Waals surface area contributed by atoms with Gasteiger partial charge < -0.3 is 29.5 Å². The number of nitrogens with two attached hydrogens (primary N) is 1. The summed E-state index contributed by atoms with van der Waals surface area (Å²) in [6.07, 6.45) is -2.12. The first-order valence-corrected chi connectivity index (χ1v) is 12.4. The topological polar surface area (TPSA) is 97.1 Å². The third-order valence-electron chi connectivity index (χ3n) is 7.02. The molecule has 2 aliphatic heterocycles. The minimum Gasteiger partial charge on any atom is -0.369 e. The van der Waals surface area contributed by atoms with Gasteiger partial charge in [-0.25, -0.2) is 0 Å². The van der Waals surface area contributed by atoms with Crippen molar-refractivity contribution >= 4 is 12.2 Å². The van der Waals surface area contributed by atoms with Crippen LogP contribution in [-0.4, -0.2) is 49.0 Å². The molecule has 2 fully saturated rings. The van der Waals surface area contributed by atoms with Crippen LogP contribution >= 0.6 is 0 Å². The Morgan fingerprint density at radius 3 is 1.78 bits per heavy atom. The van der Waals surface area contributed by atoms with Gasteiger partial charge in [0.2, 0.25) is 5.91 Å². The number of carbonyl (C=O) groups is 2. The number of fused-ring (bicyclic) bond motifs is 1. The van der Waals surface area contributed by atoms with Gasteiger partial charge in [0.15, 0.2) is 5.79 Å². The molecule has 0 aliphatic carbocycles. The third kappa shape index (κ3) is 4.71. The molecule has 192 valence electrons. The number of amides is 1. The highest BCUT2D eigenvalue weighted by Gasteiger charge is 2.58. The highest BCUT2D eigenvalue weighted by Crippen LogP contribution is 2.44. The Morgan fingerprint density at radius 2 is 1.35 bits per heavy atom. The quantitative estimate of drug-likeness (QED) is 0.274. The monoisotopic (exact) mass is 501 g/mol. The van der Waals surface area contributed by atoms with Crippen LogP contribution in [0, 0.1) is 5.92 Å². The van der Waals surface area contributed by atoms with Crippen LogP contribution < -0.4 is 5.73 Å². The number of benzene rings is 3. The van der Waals surface area contributed by atoms with E-state index in [1.54, 1.807) is 13.8 Å². The summed E-state index contributed by atoms with van der Waals surface area (Å²) in [5.74, 6) is -2.83. The molecule has 2 heterocycles. The van der Waals surface area contributed by atoms with Crippen LogP contribution in [0.5, 0.6) is 0 Å². The summed E-state index contributed by atoms with van der Waals surface area (Å²) in [6, 6.07) is 30.0. The Bertz CT molecular complexity index is 1120. The number of hydrogen-bond donors (Lipinski definition) is 1. The molecule has 37 heavy (non-hydrogen) atoms. The van der Waals surface area contributed by atoms with Gasteiger partial charge in [-0.3, -0.25) is 4.79 Å². The maximum absolute atomic E-state index is 12.0. The highest BCUT2D eigenvalue weighted by atomic mass is 16.8. The van der Waals surface area contributed by atoms with Gasteiger partial charge in [0.1, 0.15) is 42.2 Å². The number of aldehydes is 1. The van der Waals surface area contributed by atoms with Gasteiger partial charge in [-0.1, -0.05) is 91.0 Å². The fraction of sp³-hybridized carbons (Fsp3) is 0.333. The van der Waals surface area contributed by atoms with Gasteiger partial charge in [-0.15, -0.1) is 0 Å². The Hall–Kier alpha value is -3.36. The molecule has 0 saturated carbocycles. The van der Waals surface area contributed by atoms with E-state index < -0.39 is 47.6 Å². The molecule has 7 heteroatoms. The molecule has 2 saturated heterocycles. The fourth-order valence-corrected chi connectivity index (χ4v) is 5.42. The van der Waals surface area contributed by atoms with Crippen LogP contribution in [-0.2, 0) is 34.1 Å². The van der Waals surface area contributed by atoms with E-state index in [0.29, 0.717) is 6.29 Å². The van der Waals surface area contributed by atoms with E-state index in [-0.39, 0.29) is 6.61 Å². The minimum absolute atomic E-state index is 0.111. The normalized spacial score (nSPS) is 25.4. The second-order valence-electron chi connectivity index (χ2n) is 9.86. The first-order chi connectivity index (χ1) is 17.9. The SMILES string of the molecule is CC1(C)O[C@@H]2[C@@H](COC(c3ccccc3)(c3ccccc3)c3ccccc3)OC(C(C=O)C(N)=O)[C@@H]2O1. The number of rotatable bonds is 9. The number of primary amides is 1. The lowest BCUT2D eigenvalue weighted by Gasteiger charge is -2.37. The van der Waals surface area contributed by atoms with Crippen molar-refractivity contribution < 1.29 is 28.5 Å². The lowest BCUT2D eigenvalue weighted by Crippen LogP contribution is -2.42. The summed E-state index contributed by atoms with van der Waals surface area (Å²) in [5, 5.41) is 0.